The Balaban J connectivity index is 2.38. The fraction of sp³-hybridized carbons (Fsp3) is 0.267. The first kappa shape index (κ1) is 18.3. The quantitative estimate of drug-likeness (QED) is 0.529. The molecule has 2 aromatic rings. The standard InChI is InChI=1S/C15H16BrN3O4S/c1-4-23-13-10(16)5-9(6-11(13)22-3)7-12(14(20)21)24-15-17-8(2)18-19-15/h5-7H,4H2,1-3H3,(H,20,21)(H,17,18,19)/b12-7-. The van der Waals surface area contributed by atoms with Gasteiger partial charge in [0.15, 0.2) is 11.5 Å². The van der Waals surface area contributed by atoms with Crippen LogP contribution >= 0.6 is 27.7 Å². The van der Waals surface area contributed by atoms with Crippen molar-refractivity contribution in [2.75, 3.05) is 13.7 Å². The molecule has 0 atom stereocenters. The van der Waals surface area contributed by atoms with Gasteiger partial charge in [-0.15, -0.1) is 5.10 Å². The number of ether oxygens (including phenoxy) is 2. The van der Waals surface area contributed by atoms with Crippen molar-refractivity contribution >= 4 is 39.7 Å². The van der Waals surface area contributed by atoms with Crippen molar-refractivity contribution in [3.63, 3.8) is 0 Å². The van der Waals surface area contributed by atoms with Gasteiger partial charge in [-0.05, 0) is 65.3 Å². The molecule has 1 aromatic heterocycles. The van der Waals surface area contributed by atoms with Crippen LogP contribution in [0.2, 0.25) is 0 Å². The number of nitrogens with zero attached hydrogens (tertiary/aromatic N) is 2. The van der Waals surface area contributed by atoms with E-state index in [1.54, 1.807) is 19.1 Å². The predicted molar refractivity (Wildman–Crippen MR) is 94.5 cm³/mol. The lowest BCUT2D eigenvalue weighted by molar-refractivity contribution is -0.131. The van der Waals surface area contributed by atoms with Gasteiger partial charge in [-0.3, -0.25) is 5.10 Å². The fourth-order valence-electron chi connectivity index (χ4n) is 1.86. The molecule has 2 rings (SSSR count). The third-order valence-electron chi connectivity index (χ3n) is 2.83. The van der Waals surface area contributed by atoms with E-state index in [2.05, 4.69) is 31.1 Å². The normalized spacial score (nSPS) is 11.4. The average Bonchev–Trinajstić information content (AvgIpc) is 2.94. The Morgan fingerprint density at radius 1 is 1.50 bits per heavy atom. The van der Waals surface area contributed by atoms with Gasteiger partial charge in [-0.25, -0.2) is 9.78 Å². The molecule has 0 bridgehead atoms. The van der Waals surface area contributed by atoms with Crippen LogP contribution in [0.5, 0.6) is 11.5 Å². The molecule has 0 radical (unpaired) electrons. The highest BCUT2D eigenvalue weighted by Gasteiger charge is 2.15. The highest BCUT2D eigenvalue weighted by atomic mass is 79.9. The van der Waals surface area contributed by atoms with Crippen LogP contribution in [0.25, 0.3) is 6.08 Å². The smallest absolute Gasteiger partial charge is 0.342 e. The molecule has 0 spiro atoms. The Kier molecular flexibility index (Phi) is 6.27. The number of thioether (sulfide) groups is 1. The molecule has 0 aliphatic heterocycles. The maximum Gasteiger partial charge on any atom is 0.342 e. The number of hydrogen-bond acceptors (Lipinski definition) is 6. The van der Waals surface area contributed by atoms with E-state index in [9.17, 15) is 9.90 Å². The summed E-state index contributed by atoms with van der Waals surface area (Å²) in [5.74, 6) is 0.645. The summed E-state index contributed by atoms with van der Waals surface area (Å²) in [6.07, 6.45) is 1.53. The molecule has 0 unspecified atom stereocenters. The molecule has 0 aliphatic carbocycles. The number of aromatic nitrogens is 3. The molecular formula is C15H16BrN3O4S. The number of hydrogen-bond donors (Lipinski definition) is 2. The molecule has 9 heteroatoms. The first-order chi connectivity index (χ1) is 11.4. The molecule has 1 heterocycles. The number of carboxylic acids is 1. The van der Waals surface area contributed by atoms with Gasteiger partial charge in [0.1, 0.15) is 10.7 Å². The van der Waals surface area contributed by atoms with Crippen molar-refractivity contribution in [1.82, 2.24) is 15.2 Å². The Labute approximate surface area is 151 Å². The van der Waals surface area contributed by atoms with Crippen LogP contribution in [0.4, 0.5) is 0 Å². The first-order valence-electron chi connectivity index (χ1n) is 6.96. The largest absolute Gasteiger partial charge is 0.493 e. The van der Waals surface area contributed by atoms with Crippen LogP contribution in [0.1, 0.15) is 18.3 Å². The lowest BCUT2D eigenvalue weighted by Crippen LogP contribution is -1.99. The number of methoxy groups -OCH3 is 1. The molecule has 128 valence electrons. The van der Waals surface area contributed by atoms with E-state index in [4.69, 9.17) is 9.47 Å². The second-order valence-electron chi connectivity index (χ2n) is 4.59. The lowest BCUT2D eigenvalue weighted by atomic mass is 10.2. The minimum atomic E-state index is -1.06. The Morgan fingerprint density at radius 3 is 2.79 bits per heavy atom. The number of rotatable bonds is 7. The minimum absolute atomic E-state index is 0.0899. The molecule has 0 saturated carbocycles. The summed E-state index contributed by atoms with van der Waals surface area (Å²) in [6.45, 7) is 4.11. The van der Waals surface area contributed by atoms with E-state index in [0.29, 0.717) is 39.1 Å². The highest BCUT2D eigenvalue weighted by molar-refractivity contribution is 9.10. The van der Waals surface area contributed by atoms with Crippen molar-refractivity contribution in [2.24, 2.45) is 0 Å². The Bertz CT molecular complexity index is 776. The number of carboxylic acid groups (broad SMARTS) is 1. The zero-order valence-electron chi connectivity index (χ0n) is 13.3. The van der Waals surface area contributed by atoms with Gasteiger partial charge < -0.3 is 14.6 Å². The van der Waals surface area contributed by atoms with E-state index in [0.717, 1.165) is 11.8 Å². The molecule has 0 amide bonds. The first-order valence-corrected chi connectivity index (χ1v) is 8.57. The Hall–Kier alpha value is -2.00. The van der Waals surface area contributed by atoms with Crippen molar-refractivity contribution in [3.8, 4) is 11.5 Å². The van der Waals surface area contributed by atoms with E-state index in [-0.39, 0.29) is 4.91 Å². The molecular weight excluding hydrogens is 398 g/mol. The summed E-state index contributed by atoms with van der Waals surface area (Å²) in [6, 6.07) is 3.47. The maximum atomic E-state index is 11.5. The topological polar surface area (TPSA) is 97.3 Å². The van der Waals surface area contributed by atoms with Crippen LogP contribution in [-0.2, 0) is 4.79 Å². The third kappa shape index (κ3) is 4.51. The number of H-pyrrole nitrogens is 1. The monoisotopic (exact) mass is 413 g/mol. The van der Waals surface area contributed by atoms with Gasteiger partial charge >= 0.3 is 5.97 Å². The fourth-order valence-corrected chi connectivity index (χ4v) is 3.19. The number of halogens is 1. The van der Waals surface area contributed by atoms with Gasteiger partial charge in [-0.2, -0.15) is 0 Å². The van der Waals surface area contributed by atoms with Crippen LogP contribution < -0.4 is 9.47 Å². The molecule has 2 N–H and O–H groups in total. The number of aliphatic carboxylic acids is 1. The zero-order valence-corrected chi connectivity index (χ0v) is 15.7. The third-order valence-corrected chi connectivity index (χ3v) is 4.29. The van der Waals surface area contributed by atoms with E-state index in [1.165, 1.54) is 13.2 Å². The minimum Gasteiger partial charge on any atom is -0.493 e. The van der Waals surface area contributed by atoms with E-state index < -0.39 is 5.97 Å². The van der Waals surface area contributed by atoms with Gasteiger partial charge in [0, 0.05) is 0 Å². The van der Waals surface area contributed by atoms with Crippen LogP contribution in [0, 0.1) is 6.92 Å². The maximum absolute atomic E-state index is 11.5. The molecule has 7 nitrogen and oxygen atoms in total. The summed E-state index contributed by atoms with van der Waals surface area (Å²) in [4.78, 5) is 15.7. The van der Waals surface area contributed by atoms with Crippen LogP contribution in [0.3, 0.4) is 0 Å². The van der Waals surface area contributed by atoms with Gasteiger partial charge in [-0.1, -0.05) is 0 Å². The number of aromatic amines is 1. The van der Waals surface area contributed by atoms with Crippen molar-refractivity contribution < 1.29 is 19.4 Å². The Morgan fingerprint density at radius 2 is 2.25 bits per heavy atom. The highest BCUT2D eigenvalue weighted by Crippen LogP contribution is 2.38. The number of benzene rings is 1. The molecule has 0 saturated heterocycles. The summed E-state index contributed by atoms with van der Waals surface area (Å²) in [5, 5.41) is 16.4. The molecule has 1 aromatic carbocycles. The number of nitrogens with one attached hydrogen (secondary N) is 1. The average molecular weight is 414 g/mol. The molecule has 0 fully saturated rings. The SMILES string of the molecule is CCOc1c(Br)cc(/C=C(\Sc2n[nH]c(C)n2)C(=O)O)cc1OC. The van der Waals surface area contributed by atoms with E-state index in [1.807, 2.05) is 6.92 Å². The van der Waals surface area contributed by atoms with E-state index >= 15 is 0 Å². The van der Waals surface area contributed by atoms with Gasteiger partial charge in [0.25, 0.3) is 0 Å². The number of carbonyl (C=O) groups is 1. The number of aryl methyl sites for hydroxylation is 1. The van der Waals surface area contributed by atoms with Crippen molar-refractivity contribution in [2.45, 2.75) is 19.0 Å². The summed E-state index contributed by atoms with van der Waals surface area (Å²) < 4.78 is 11.5. The van der Waals surface area contributed by atoms with Gasteiger partial charge in [0.05, 0.1) is 18.2 Å². The molecule has 24 heavy (non-hydrogen) atoms. The van der Waals surface area contributed by atoms with Crippen molar-refractivity contribution in [1.29, 1.82) is 0 Å². The summed E-state index contributed by atoms with van der Waals surface area (Å²) in [7, 11) is 1.53. The molecule has 0 aliphatic rings. The second kappa shape index (κ2) is 8.20. The summed E-state index contributed by atoms with van der Waals surface area (Å²) in [5.41, 5.74) is 0.652. The zero-order chi connectivity index (χ0) is 17.7. The summed E-state index contributed by atoms with van der Waals surface area (Å²) >= 11 is 4.39. The van der Waals surface area contributed by atoms with Gasteiger partial charge in [0.2, 0.25) is 5.16 Å². The predicted octanol–water partition coefficient (Wildman–Crippen LogP) is 3.50. The second-order valence-corrected chi connectivity index (χ2v) is 6.45. The van der Waals surface area contributed by atoms with Crippen LogP contribution in [0.15, 0.2) is 26.7 Å². The van der Waals surface area contributed by atoms with Crippen molar-refractivity contribution in [3.05, 3.63) is 32.9 Å². The van der Waals surface area contributed by atoms with Crippen LogP contribution in [-0.4, -0.2) is 40.0 Å². The lowest BCUT2D eigenvalue weighted by Gasteiger charge is -2.12.